The van der Waals surface area contributed by atoms with Gasteiger partial charge in [-0.15, -0.1) is 0 Å². The molecule has 0 aromatic heterocycles. The second-order valence-corrected chi connectivity index (χ2v) is 7.65. The van der Waals surface area contributed by atoms with Crippen LogP contribution in [0.3, 0.4) is 0 Å². The van der Waals surface area contributed by atoms with Crippen molar-refractivity contribution in [1.29, 1.82) is 0 Å². The van der Waals surface area contributed by atoms with Crippen molar-refractivity contribution in [3.63, 3.8) is 0 Å². The molecular weight excluding hydrogens is 348 g/mol. The molecule has 7 heteroatoms. The van der Waals surface area contributed by atoms with E-state index in [1.54, 1.807) is 29.2 Å². The standard InChI is InChI=1S/C20H24N2O5/c1-13(2)16(22-17(23)14-5-3-4-6-15(14)18(22)24)19(25)21-9-7-20(8-10-21)26-11-12-27-20/h3-6,13,16H,7-12H2,1-2H3/t16-/m0/s1. The maximum atomic E-state index is 13.3. The molecule has 1 aromatic carbocycles. The molecule has 1 aromatic rings. The number of amides is 3. The quantitative estimate of drug-likeness (QED) is 0.755. The molecule has 0 N–H and O–H groups in total. The summed E-state index contributed by atoms with van der Waals surface area (Å²) in [6.45, 7) is 5.87. The van der Waals surface area contributed by atoms with Crippen LogP contribution in [0.5, 0.6) is 0 Å². The molecule has 3 aliphatic heterocycles. The van der Waals surface area contributed by atoms with Gasteiger partial charge in [-0.25, -0.2) is 0 Å². The van der Waals surface area contributed by atoms with Crippen molar-refractivity contribution < 1.29 is 23.9 Å². The van der Waals surface area contributed by atoms with Crippen molar-refractivity contribution in [2.45, 2.75) is 38.5 Å². The lowest BCUT2D eigenvalue weighted by Crippen LogP contribution is -2.56. The van der Waals surface area contributed by atoms with Gasteiger partial charge in [0.15, 0.2) is 5.79 Å². The number of carbonyl (C=O) groups is 3. The third-order valence-electron chi connectivity index (χ3n) is 5.64. The van der Waals surface area contributed by atoms with Crippen molar-refractivity contribution >= 4 is 17.7 Å². The molecule has 0 saturated carbocycles. The monoisotopic (exact) mass is 372 g/mol. The van der Waals surface area contributed by atoms with Crippen LogP contribution in [-0.2, 0) is 14.3 Å². The van der Waals surface area contributed by atoms with E-state index in [0.29, 0.717) is 50.3 Å². The van der Waals surface area contributed by atoms with Gasteiger partial charge in [-0.3, -0.25) is 19.3 Å². The van der Waals surface area contributed by atoms with E-state index < -0.39 is 23.6 Å². The van der Waals surface area contributed by atoms with Gasteiger partial charge in [0.1, 0.15) is 6.04 Å². The van der Waals surface area contributed by atoms with Gasteiger partial charge in [-0.1, -0.05) is 26.0 Å². The van der Waals surface area contributed by atoms with Crippen molar-refractivity contribution in [3.8, 4) is 0 Å². The molecule has 144 valence electrons. The predicted octanol–water partition coefficient (Wildman–Crippen LogP) is 1.67. The molecule has 3 heterocycles. The normalized spacial score (nSPS) is 22.6. The first-order valence-corrected chi connectivity index (χ1v) is 9.47. The van der Waals surface area contributed by atoms with Gasteiger partial charge in [0.05, 0.1) is 24.3 Å². The Morgan fingerprint density at radius 3 is 2.00 bits per heavy atom. The molecule has 2 fully saturated rings. The highest BCUT2D eigenvalue weighted by atomic mass is 16.7. The zero-order chi connectivity index (χ0) is 19.2. The fourth-order valence-corrected chi connectivity index (χ4v) is 4.19. The van der Waals surface area contributed by atoms with Crippen molar-refractivity contribution in [3.05, 3.63) is 35.4 Å². The van der Waals surface area contributed by atoms with Crippen molar-refractivity contribution in [2.24, 2.45) is 5.92 Å². The van der Waals surface area contributed by atoms with Gasteiger partial charge < -0.3 is 14.4 Å². The highest BCUT2D eigenvalue weighted by molar-refractivity contribution is 6.22. The van der Waals surface area contributed by atoms with Gasteiger partial charge in [0.25, 0.3) is 11.8 Å². The van der Waals surface area contributed by atoms with E-state index in [9.17, 15) is 14.4 Å². The second kappa shape index (κ2) is 6.73. The summed E-state index contributed by atoms with van der Waals surface area (Å²) >= 11 is 0. The Morgan fingerprint density at radius 1 is 1.00 bits per heavy atom. The van der Waals surface area contributed by atoms with E-state index in [1.165, 1.54) is 0 Å². The molecule has 7 nitrogen and oxygen atoms in total. The first-order valence-electron chi connectivity index (χ1n) is 9.47. The Morgan fingerprint density at radius 2 is 1.52 bits per heavy atom. The smallest absolute Gasteiger partial charge is 0.262 e. The van der Waals surface area contributed by atoms with Crippen LogP contribution < -0.4 is 0 Å². The fourth-order valence-electron chi connectivity index (χ4n) is 4.19. The third kappa shape index (κ3) is 2.95. The highest BCUT2D eigenvalue weighted by Gasteiger charge is 2.47. The number of piperidine rings is 1. The first-order chi connectivity index (χ1) is 12.9. The fraction of sp³-hybridized carbons (Fsp3) is 0.550. The second-order valence-electron chi connectivity index (χ2n) is 7.65. The molecule has 4 rings (SSSR count). The van der Waals surface area contributed by atoms with Crippen LogP contribution in [0, 0.1) is 5.92 Å². The van der Waals surface area contributed by atoms with Gasteiger partial charge >= 0.3 is 0 Å². The van der Waals surface area contributed by atoms with Crippen LogP contribution in [0.1, 0.15) is 47.4 Å². The maximum Gasteiger partial charge on any atom is 0.262 e. The molecule has 1 atom stereocenters. The van der Waals surface area contributed by atoms with Crippen LogP contribution >= 0.6 is 0 Å². The number of benzene rings is 1. The number of likely N-dealkylation sites (tertiary alicyclic amines) is 1. The maximum absolute atomic E-state index is 13.3. The topological polar surface area (TPSA) is 76.2 Å². The van der Waals surface area contributed by atoms with E-state index in [1.807, 2.05) is 13.8 Å². The Labute approximate surface area is 158 Å². The Kier molecular flexibility index (Phi) is 4.52. The lowest BCUT2D eigenvalue weighted by Gasteiger charge is -2.40. The Hall–Kier alpha value is -2.25. The van der Waals surface area contributed by atoms with Gasteiger partial charge in [-0.05, 0) is 18.1 Å². The number of fused-ring (bicyclic) bond motifs is 1. The molecule has 0 unspecified atom stereocenters. The Bertz CT molecular complexity index is 739. The number of rotatable bonds is 3. The number of hydrogen-bond acceptors (Lipinski definition) is 5. The summed E-state index contributed by atoms with van der Waals surface area (Å²) in [5.74, 6) is -1.72. The summed E-state index contributed by atoms with van der Waals surface area (Å²) in [5.41, 5.74) is 0.734. The minimum atomic E-state index is -0.808. The molecule has 0 radical (unpaired) electrons. The van der Waals surface area contributed by atoms with E-state index in [-0.39, 0.29) is 11.8 Å². The number of carbonyl (C=O) groups excluding carboxylic acids is 3. The Balaban J connectivity index is 1.54. The van der Waals surface area contributed by atoms with Crippen molar-refractivity contribution in [1.82, 2.24) is 9.80 Å². The van der Waals surface area contributed by atoms with Crippen LogP contribution in [0.4, 0.5) is 0 Å². The summed E-state index contributed by atoms with van der Waals surface area (Å²) in [6.07, 6.45) is 1.21. The van der Waals surface area contributed by atoms with Crippen LogP contribution in [-0.4, -0.2) is 65.7 Å². The molecule has 3 amide bonds. The lowest BCUT2D eigenvalue weighted by atomic mass is 9.97. The SMILES string of the molecule is CC(C)[C@@H](C(=O)N1CCC2(CC1)OCCO2)N1C(=O)c2ccccc2C1=O. The molecule has 0 bridgehead atoms. The van der Waals surface area contributed by atoms with E-state index in [2.05, 4.69) is 0 Å². The predicted molar refractivity (Wildman–Crippen MR) is 96.0 cm³/mol. The van der Waals surface area contributed by atoms with Gasteiger partial charge in [0.2, 0.25) is 5.91 Å². The third-order valence-corrected chi connectivity index (χ3v) is 5.64. The summed E-state index contributed by atoms with van der Waals surface area (Å²) < 4.78 is 11.4. The molecule has 1 spiro atoms. The van der Waals surface area contributed by atoms with Crippen molar-refractivity contribution in [2.75, 3.05) is 26.3 Å². The largest absolute Gasteiger partial charge is 0.347 e. The zero-order valence-electron chi connectivity index (χ0n) is 15.6. The average molecular weight is 372 g/mol. The van der Waals surface area contributed by atoms with Crippen LogP contribution in [0.25, 0.3) is 0 Å². The molecule has 27 heavy (non-hydrogen) atoms. The van der Waals surface area contributed by atoms with Crippen LogP contribution in [0.15, 0.2) is 24.3 Å². The van der Waals surface area contributed by atoms with E-state index in [0.717, 1.165) is 4.90 Å². The first kappa shape index (κ1) is 18.1. The van der Waals surface area contributed by atoms with E-state index >= 15 is 0 Å². The van der Waals surface area contributed by atoms with Gasteiger partial charge in [-0.2, -0.15) is 0 Å². The summed E-state index contributed by atoms with van der Waals surface area (Å²) in [6, 6.07) is 5.92. The number of imide groups is 1. The van der Waals surface area contributed by atoms with E-state index in [4.69, 9.17) is 9.47 Å². The number of nitrogens with zero attached hydrogens (tertiary/aromatic N) is 2. The minimum Gasteiger partial charge on any atom is -0.347 e. The van der Waals surface area contributed by atoms with Gasteiger partial charge in [0, 0.05) is 25.9 Å². The summed E-state index contributed by atoms with van der Waals surface area (Å²) in [7, 11) is 0. The molecule has 2 saturated heterocycles. The van der Waals surface area contributed by atoms with Crippen LogP contribution in [0.2, 0.25) is 0 Å². The average Bonchev–Trinajstić information content (AvgIpc) is 3.21. The lowest BCUT2D eigenvalue weighted by molar-refractivity contribution is -0.188. The molecule has 0 aliphatic carbocycles. The number of ether oxygens (including phenoxy) is 2. The summed E-state index contributed by atoms with van der Waals surface area (Å²) in [4.78, 5) is 41.8. The summed E-state index contributed by atoms with van der Waals surface area (Å²) in [5, 5.41) is 0. The number of hydrogen-bond donors (Lipinski definition) is 0. The molecule has 3 aliphatic rings. The minimum absolute atomic E-state index is 0.186. The zero-order valence-corrected chi connectivity index (χ0v) is 15.6. The highest BCUT2D eigenvalue weighted by Crippen LogP contribution is 2.33. The molecular formula is C20H24N2O5.